The molecule has 0 aliphatic heterocycles. The smallest absolute Gasteiger partial charge is 0.251 e. The van der Waals surface area contributed by atoms with Gasteiger partial charge in [0.05, 0.1) is 28.8 Å². The number of nitrogens with zero attached hydrogens (tertiary/aromatic N) is 2. The Morgan fingerprint density at radius 3 is 2.12 bits per heavy atom. The molecule has 5 rings (SSSR count). The van der Waals surface area contributed by atoms with Crippen LogP contribution >= 0.6 is 0 Å². The van der Waals surface area contributed by atoms with Gasteiger partial charge >= 0.3 is 0 Å². The number of aromatic nitrogens is 2. The van der Waals surface area contributed by atoms with Gasteiger partial charge in [0.15, 0.2) is 0 Å². The molecule has 6 heteroatoms. The van der Waals surface area contributed by atoms with Crippen LogP contribution < -0.4 is 10.9 Å². The third-order valence-electron chi connectivity index (χ3n) is 8.56. The van der Waals surface area contributed by atoms with E-state index in [1.807, 2.05) is 36.4 Å². The normalized spacial score (nSPS) is 24.5. The highest BCUT2D eigenvalue weighted by Crippen LogP contribution is 2.70. The number of fused-ring (bicyclic) bond motifs is 6. The minimum Gasteiger partial charge on any atom is -0.273 e. The second-order valence-electron chi connectivity index (χ2n) is 10.4. The van der Waals surface area contributed by atoms with Crippen molar-refractivity contribution >= 4 is 22.8 Å². The van der Waals surface area contributed by atoms with Gasteiger partial charge in [0.1, 0.15) is 5.41 Å². The third kappa shape index (κ3) is 2.86. The number of hydrogen-bond donors (Lipinski definition) is 2. The Balaban J connectivity index is 1.50. The molecule has 2 bridgehead atoms. The maximum Gasteiger partial charge on any atom is 0.251 e. The van der Waals surface area contributed by atoms with E-state index in [2.05, 4.69) is 51.5 Å². The average Bonchev–Trinajstić information content (AvgIpc) is 3.07. The molecule has 1 saturated carbocycles. The van der Waals surface area contributed by atoms with E-state index in [1.165, 1.54) is 5.56 Å². The lowest BCUT2D eigenvalue weighted by Gasteiger charge is -2.39. The molecule has 2 unspecified atom stereocenters. The van der Waals surface area contributed by atoms with Crippen LogP contribution in [0.25, 0.3) is 11.0 Å². The fourth-order valence-electron chi connectivity index (χ4n) is 5.92. The van der Waals surface area contributed by atoms with Crippen LogP contribution in [-0.2, 0) is 26.8 Å². The van der Waals surface area contributed by atoms with Crippen LogP contribution in [0.1, 0.15) is 61.7 Å². The number of benzene rings is 2. The number of carbonyl (C=O) groups is 2. The molecule has 2 N–H and O–H groups in total. The monoisotopic (exact) mass is 442 g/mol. The Morgan fingerprint density at radius 1 is 0.879 bits per heavy atom. The molecule has 170 valence electrons. The molecule has 0 radical (unpaired) electrons. The van der Waals surface area contributed by atoms with Gasteiger partial charge in [0.2, 0.25) is 5.91 Å². The van der Waals surface area contributed by atoms with Crippen molar-refractivity contribution < 1.29 is 9.59 Å². The Morgan fingerprint density at radius 2 is 1.48 bits per heavy atom. The predicted octanol–water partition coefficient (Wildman–Crippen LogP) is 3.97. The molecule has 2 aliphatic rings. The zero-order valence-corrected chi connectivity index (χ0v) is 19.9. The van der Waals surface area contributed by atoms with Crippen LogP contribution in [0.2, 0.25) is 0 Å². The SMILES string of the molecule is Cc1cc2nc3c(nc2cc1C)C1(C(=O)NNC(=O)Cc2ccccc2)CCC3(C)C1(C)C. The van der Waals surface area contributed by atoms with Crippen LogP contribution in [0.3, 0.4) is 0 Å². The molecule has 0 spiro atoms. The Kier molecular flexibility index (Phi) is 4.64. The largest absolute Gasteiger partial charge is 0.273 e. The maximum atomic E-state index is 13.8. The van der Waals surface area contributed by atoms with Crippen LogP contribution in [0, 0.1) is 19.3 Å². The highest BCUT2D eigenvalue weighted by Gasteiger charge is 2.73. The van der Waals surface area contributed by atoms with Crippen molar-refractivity contribution in [1.82, 2.24) is 20.8 Å². The molecule has 6 nitrogen and oxygen atoms in total. The number of nitrogens with one attached hydrogen (secondary N) is 2. The second-order valence-corrected chi connectivity index (χ2v) is 10.4. The first-order valence-corrected chi connectivity index (χ1v) is 11.5. The minimum absolute atomic E-state index is 0.203. The summed E-state index contributed by atoms with van der Waals surface area (Å²) in [6.07, 6.45) is 1.73. The zero-order valence-electron chi connectivity index (χ0n) is 19.9. The summed E-state index contributed by atoms with van der Waals surface area (Å²) in [6.45, 7) is 10.6. The van der Waals surface area contributed by atoms with E-state index in [4.69, 9.17) is 9.97 Å². The molecule has 2 aromatic carbocycles. The molecular formula is C27H30N4O2. The van der Waals surface area contributed by atoms with Gasteiger partial charge in [0.25, 0.3) is 5.91 Å². The predicted molar refractivity (Wildman–Crippen MR) is 127 cm³/mol. The summed E-state index contributed by atoms with van der Waals surface area (Å²) in [7, 11) is 0. The van der Waals surface area contributed by atoms with Gasteiger partial charge in [0, 0.05) is 5.41 Å². The summed E-state index contributed by atoms with van der Waals surface area (Å²) in [5.41, 5.74) is 10.4. The van der Waals surface area contributed by atoms with E-state index < -0.39 is 10.8 Å². The number of aryl methyl sites for hydroxylation is 2. The number of hydrazine groups is 1. The minimum atomic E-state index is -0.850. The number of amides is 2. The molecule has 1 heterocycles. The molecular weight excluding hydrogens is 412 g/mol. The molecule has 2 amide bonds. The summed E-state index contributed by atoms with van der Waals surface area (Å²) < 4.78 is 0. The van der Waals surface area contributed by atoms with E-state index in [-0.39, 0.29) is 23.7 Å². The molecule has 33 heavy (non-hydrogen) atoms. The van der Waals surface area contributed by atoms with Gasteiger partial charge in [-0.15, -0.1) is 0 Å². The van der Waals surface area contributed by atoms with E-state index in [0.717, 1.165) is 40.0 Å². The van der Waals surface area contributed by atoms with Gasteiger partial charge in [-0.2, -0.15) is 0 Å². The Bertz CT molecular complexity index is 1300. The molecule has 0 saturated heterocycles. The quantitative estimate of drug-likeness (QED) is 0.601. The van der Waals surface area contributed by atoms with E-state index in [0.29, 0.717) is 6.42 Å². The fraction of sp³-hybridized carbons (Fsp3) is 0.407. The van der Waals surface area contributed by atoms with Crippen LogP contribution in [0.4, 0.5) is 0 Å². The summed E-state index contributed by atoms with van der Waals surface area (Å²) in [4.78, 5) is 36.4. The number of hydrogen-bond acceptors (Lipinski definition) is 4. The van der Waals surface area contributed by atoms with Crippen LogP contribution in [-0.4, -0.2) is 21.8 Å². The topological polar surface area (TPSA) is 84.0 Å². The Labute approximate surface area is 194 Å². The van der Waals surface area contributed by atoms with Crippen molar-refractivity contribution in [1.29, 1.82) is 0 Å². The van der Waals surface area contributed by atoms with Gasteiger partial charge in [-0.3, -0.25) is 20.4 Å². The lowest BCUT2D eigenvalue weighted by molar-refractivity contribution is -0.135. The molecule has 1 fully saturated rings. The zero-order chi connectivity index (χ0) is 23.6. The van der Waals surface area contributed by atoms with E-state index in [1.54, 1.807) is 0 Å². The van der Waals surface area contributed by atoms with Crippen molar-refractivity contribution in [2.45, 2.75) is 64.7 Å². The van der Waals surface area contributed by atoms with Crippen molar-refractivity contribution in [3.8, 4) is 0 Å². The summed E-state index contributed by atoms with van der Waals surface area (Å²) in [5.74, 6) is -0.465. The molecule has 2 aliphatic carbocycles. The van der Waals surface area contributed by atoms with Crippen molar-refractivity contribution in [2.75, 3.05) is 0 Å². The van der Waals surface area contributed by atoms with Crippen LogP contribution in [0.15, 0.2) is 42.5 Å². The van der Waals surface area contributed by atoms with Gasteiger partial charge in [-0.05, 0) is 60.9 Å². The second kappa shape index (κ2) is 7.11. The maximum absolute atomic E-state index is 13.8. The van der Waals surface area contributed by atoms with Crippen LogP contribution in [0.5, 0.6) is 0 Å². The van der Waals surface area contributed by atoms with Crippen molar-refractivity contribution in [3.63, 3.8) is 0 Å². The first kappa shape index (κ1) is 21.6. The van der Waals surface area contributed by atoms with E-state index >= 15 is 0 Å². The van der Waals surface area contributed by atoms with Crippen molar-refractivity contribution in [2.24, 2.45) is 5.41 Å². The first-order valence-electron chi connectivity index (χ1n) is 11.5. The average molecular weight is 443 g/mol. The molecule has 3 aromatic rings. The highest BCUT2D eigenvalue weighted by molar-refractivity contribution is 5.94. The lowest BCUT2D eigenvalue weighted by Crippen LogP contribution is -2.56. The van der Waals surface area contributed by atoms with E-state index in [9.17, 15) is 9.59 Å². The fourth-order valence-corrected chi connectivity index (χ4v) is 5.92. The molecule has 1 aromatic heterocycles. The Hall–Kier alpha value is -3.28. The summed E-state index contributed by atoms with van der Waals surface area (Å²) >= 11 is 0. The first-order chi connectivity index (χ1) is 15.6. The number of rotatable bonds is 3. The number of carbonyl (C=O) groups excluding carboxylic acids is 2. The lowest BCUT2D eigenvalue weighted by atomic mass is 9.63. The van der Waals surface area contributed by atoms with Crippen molar-refractivity contribution in [3.05, 3.63) is 70.5 Å². The standard InChI is InChI=1S/C27H30N4O2/c1-16-13-19-20(14-17(16)2)29-23-22(28-19)26(5)11-12-27(23,25(26,3)4)24(33)31-30-21(32)15-18-9-7-6-8-10-18/h6-10,13-14H,11-12,15H2,1-5H3,(H,30,32)(H,31,33). The highest BCUT2D eigenvalue weighted by atomic mass is 16.2. The molecule has 2 atom stereocenters. The summed E-state index contributed by atoms with van der Waals surface area (Å²) in [5, 5.41) is 0. The van der Waals surface area contributed by atoms with Gasteiger partial charge in [-0.25, -0.2) is 9.97 Å². The van der Waals surface area contributed by atoms with Gasteiger partial charge in [-0.1, -0.05) is 51.1 Å². The summed E-state index contributed by atoms with van der Waals surface area (Å²) in [6, 6.07) is 13.6. The van der Waals surface area contributed by atoms with Gasteiger partial charge < -0.3 is 0 Å². The third-order valence-corrected chi connectivity index (χ3v) is 8.56.